The Labute approximate surface area is 111 Å². The molecule has 2 N–H and O–H groups in total. The van der Waals surface area contributed by atoms with E-state index in [2.05, 4.69) is 4.72 Å². The fraction of sp³-hybridized carbons (Fsp3) is 0.500. The third-order valence-corrected chi connectivity index (χ3v) is 4.03. The maximum absolute atomic E-state index is 13.4. The molecule has 19 heavy (non-hydrogen) atoms. The van der Waals surface area contributed by atoms with Crippen LogP contribution in [0.2, 0.25) is 0 Å². The Kier molecular flexibility index (Phi) is 5.39. The first-order chi connectivity index (χ1) is 8.74. The number of aliphatic hydroxyl groups excluding tert-OH is 1. The first-order valence-corrected chi connectivity index (χ1v) is 7.34. The maximum atomic E-state index is 13.4. The number of aliphatic hydroxyl groups is 1. The van der Waals surface area contributed by atoms with Gasteiger partial charge in [0.1, 0.15) is 11.6 Å². The van der Waals surface area contributed by atoms with Crippen LogP contribution in [0.25, 0.3) is 0 Å². The maximum Gasteiger partial charge on any atom is 0.246 e. The van der Waals surface area contributed by atoms with Gasteiger partial charge in [-0.3, -0.25) is 0 Å². The molecule has 0 bridgehead atoms. The molecule has 0 fully saturated rings. The van der Waals surface area contributed by atoms with Crippen molar-refractivity contribution in [2.75, 3.05) is 6.54 Å². The third kappa shape index (κ3) is 4.52. The summed E-state index contributed by atoms with van der Waals surface area (Å²) < 4.78 is 52.5. The SMILES string of the molecule is CC(O)CC(C)CNS(=O)(=O)c1c(F)cccc1F. The fourth-order valence-corrected chi connectivity index (χ4v) is 3.03. The highest BCUT2D eigenvalue weighted by atomic mass is 32.2. The molecule has 4 nitrogen and oxygen atoms in total. The van der Waals surface area contributed by atoms with Crippen molar-refractivity contribution >= 4 is 10.0 Å². The van der Waals surface area contributed by atoms with Crippen LogP contribution in [-0.4, -0.2) is 26.2 Å². The summed E-state index contributed by atoms with van der Waals surface area (Å²) in [5.41, 5.74) is 0. The largest absolute Gasteiger partial charge is 0.393 e. The second-order valence-electron chi connectivity index (χ2n) is 4.59. The number of benzene rings is 1. The molecule has 0 saturated carbocycles. The van der Waals surface area contributed by atoms with Gasteiger partial charge in [-0.15, -0.1) is 0 Å². The van der Waals surface area contributed by atoms with E-state index >= 15 is 0 Å². The van der Waals surface area contributed by atoms with Crippen LogP contribution in [0, 0.1) is 17.6 Å². The number of nitrogens with one attached hydrogen (secondary N) is 1. The molecule has 2 atom stereocenters. The number of hydrogen-bond acceptors (Lipinski definition) is 3. The van der Waals surface area contributed by atoms with Crippen molar-refractivity contribution < 1.29 is 22.3 Å². The van der Waals surface area contributed by atoms with Crippen molar-refractivity contribution in [3.8, 4) is 0 Å². The number of halogens is 2. The molecule has 0 saturated heterocycles. The molecule has 0 heterocycles. The Morgan fingerprint density at radius 2 is 1.79 bits per heavy atom. The van der Waals surface area contributed by atoms with E-state index in [1.165, 1.54) is 0 Å². The first kappa shape index (κ1) is 16.0. The Hall–Kier alpha value is -1.05. The van der Waals surface area contributed by atoms with Gasteiger partial charge in [0.2, 0.25) is 10.0 Å². The summed E-state index contributed by atoms with van der Waals surface area (Å²) in [6.07, 6.45) is -0.174. The minimum atomic E-state index is -4.23. The minimum absolute atomic E-state index is 0.001000. The number of rotatable bonds is 6. The molecule has 2 unspecified atom stereocenters. The van der Waals surface area contributed by atoms with Crippen molar-refractivity contribution in [3.63, 3.8) is 0 Å². The highest BCUT2D eigenvalue weighted by Crippen LogP contribution is 2.18. The molecule has 1 aromatic rings. The quantitative estimate of drug-likeness (QED) is 0.838. The van der Waals surface area contributed by atoms with Crippen molar-refractivity contribution in [1.82, 2.24) is 4.72 Å². The summed E-state index contributed by atoms with van der Waals surface area (Å²) in [4.78, 5) is -0.973. The van der Waals surface area contributed by atoms with Gasteiger partial charge >= 0.3 is 0 Å². The van der Waals surface area contributed by atoms with Gasteiger partial charge in [0.05, 0.1) is 6.10 Å². The molecule has 0 radical (unpaired) electrons. The molecule has 0 aromatic heterocycles. The van der Waals surface area contributed by atoms with Gasteiger partial charge in [-0.25, -0.2) is 21.9 Å². The zero-order valence-electron chi connectivity index (χ0n) is 10.7. The topological polar surface area (TPSA) is 66.4 Å². The van der Waals surface area contributed by atoms with E-state index in [1.54, 1.807) is 13.8 Å². The van der Waals surface area contributed by atoms with E-state index in [1.807, 2.05) is 0 Å². The lowest BCUT2D eigenvalue weighted by Crippen LogP contribution is -2.30. The van der Waals surface area contributed by atoms with Crippen LogP contribution in [-0.2, 0) is 10.0 Å². The number of hydrogen-bond donors (Lipinski definition) is 2. The van der Waals surface area contributed by atoms with Gasteiger partial charge in [0, 0.05) is 6.54 Å². The molecule has 0 amide bonds. The van der Waals surface area contributed by atoms with Crippen LogP contribution in [0.1, 0.15) is 20.3 Å². The van der Waals surface area contributed by atoms with Gasteiger partial charge in [-0.2, -0.15) is 0 Å². The molecular formula is C12H17F2NO3S. The van der Waals surface area contributed by atoms with Crippen molar-refractivity contribution in [2.24, 2.45) is 5.92 Å². The van der Waals surface area contributed by atoms with E-state index in [-0.39, 0.29) is 12.5 Å². The van der Waals surface area contributed by atoms with Crippen LogP contribution in [0.3, 0.4) is 0 Å². The first-order valence-electron chi connectivity index (χ1n) is 5.85. The Morgan fingerprint density at radius 1 is 1.26 bits per heavy atom. The second-order valence-corrected chi connectivity index (χ2v) is 6.30. The molecule has 0 aliphatic heterocycles. The third-order valence-electron chi connectivity index (χ3n) is 2.55. The van der Waals surface area contributed by atoms with Gasteiger partial charge in [0.25, 0.3) is 0 Å². The van der Waals surface area contributed by atoms with E-state index in [0.717, 1.165) is 18.2 Å². The van der Waals surface area contributed by atoms with E-state index in [9.17, 15) is 17.2 Å². The monoisotopic (exact) mass is 293 g/mol. The lowest BCUT2D eigenvalue weighted by molar-refractivity contribution is 0.164. The summed E-state index contributed by atoms with van der Waals surface area (Å²) in [6, 6.07) is 2.87. The highest BCUT2D eigenvalue weighted by Gasteiger charge is 2.24. The molecule has 108 valence electrons. The zero-order chi connectivity index (χ0) is 14.6. The average Bonchev–Trinajstić information content (AvgIpc) is 2.25. The predicted octanol–water partition coefficient (Wildman–Crippen LogP) is 1.65. The predicted molar refractivity (Wildman–Crippen MR) is 67.0 cm³/mol. The lowest BCUT2D eigenvalue weighted by Gasteiger charge is -2.14. The van der Waals surface area contributed by atoms with Crippen LogP contribution >= 0.6 is 0 Å². The Morgan fingerprint density at radius 3 is 2.26 bits per heavy atom. The van der Waals surface area contributed by atoms with Gasteiger partial charge in [-0.05, 0) is 31.4 Å². The van der Waals surface area contributed by atoms with E-state index in [4.69, 9.17) is 5.11 Å². The molecule has 1 aromatic carbocycles. The van der Waals surface area contributed by atoms with Crippen molar-refractivity contribution in [1.29, 1.82) is 0 Å². The van der Waals surface area contributed by atoms with Crippen LogP contribution in [0.5, 0.6) is 0 Å². The molecule has 0 aliphatic rings. The fourth-order valence-electron chi connectivity index (χ4n) is 1.73. The van der Waals surface area contributed by atoms with Gasteiger partial charge < -0.3 is 5.11 Å². The second kappa shape index (κ2) is 6.40. The molecular weight excluding hydrogens is 276 g/mol. The molecule has 0 aliphatic carbocycles. The normalized spacial score (nSPS) is 15.2. The standard InChI is InChI=1S/C12H17F2NO3S/c1-8(6-9(2)16)7-15-19(17,18)12-10(13)4-3-5-11(12)14/h3-5,8-9,15-16H,6-7H2,1-2H3. The summed E-state index contributed by atoms with van der Waals surface area (Å²) in [6.45, 7) is 3.31. The Bertz CT molecular complexity index is 512. The molecule has 7 heteroatoms. The summed E-state index contributed by atoms with van der Waals surface area (Å²) in [5, 5.41) is 9.16. The minimum Gasteiger partial charge on any atom is -0.393 e. The Balaban J connectivity index is 2.82. The van der Waals surface area contributed by atoms with Crippen LogP contribution < -0.4 is 4.72 Å². The zero-order valence-corrected chi connectivity index (χ0v) is 11.5. The van der Waals surface area contributed by atoms with E-state index in [0.29, 0.717) is 6.42 Å². The summed E-state index contributed by atoms with van der Waals surface area (Å²) >= 11 is 0. The van der Waals surface area contributed by atoms with Gasteiger partial charge in [-0.1, -0.05) is 13.0 Å². The summed E-state index contributed by atoms with van der Waals surface area (Å²) in [5.74, 6) is -2.41. The smallest absolute Gasteiger partial charge is 0.246 e. The van der Waals surface area contributed by atoms with E-state index < -0.39 is 32.7 Å². The van der Waals surface area contributed by atoms with Gasteiger partial charge in [0.15, 0.2) is 4.90 Å². The molecule has 1 rings (SSSR count). The van der Waals surface area contributed by atoms with Crippen molar-refractivity contribution in [2.45, 2.75) is 31.3 Å². The van der Waals surface area contributed by atoms with Crippen LogP contribution in [0.4, 0.5) is 8.78 Å². The molecule has 0 spiro atoms. The summed E-state index contributed by atoms with van der Waals surface area (Å²) in [7, 11) is -4.23. The lowest BCUT2D eigenvalue weighted by atomic mass is 10.1. The average molecular weight is 293 g/mol. The highest BCUT2D eigenvalue weighted by molar-refractivity contribution is 7.89. The van der Waals surface area contributed by atoms with Crippen molar-refractivity contribution in [3.05, 3.63) is 29.8 Å². The van der Waals surface area contributed by atoms with Crippen LogP contribution in [0.15, 0.2) is 23.1 Å². The number of sulfonamides is 1.